The summed E-state index contributed by atoms with van der Waals surface area (Å²) in [6.45, 7) is 22.7. The minimum Gasteiger partial charge on any atom is -0.335 e. The second-order valence-electron chi connectivity index (χ2n) is 7.24. The van der Waals surface area contributed by atoms with Gasteiger partial charge in [-0.2, -0.15) is 0 Å². The van der Waals surface area contributed by atoms with Gasteiger partial charge in [0, 0.05) is 13.1 Å². The molecule has 0 radical (unpaired) electrons. The molecular weight excluding hydrogens is 384 g/mol. The fraction of sp³-hybridized carbons (Fsp3) is 0.704. The van der Waals surface area contributed by atoms with Crippen LogP contribution in [-0.4, -0.2) is 54.7 Å². The van der Waals surface area contributed by atoms with Crippen LogP contribution in [0, 0.1) is 5.41 Å². The van der Waals surface area contributed by atoms with Gasteiger partial charge in [-0.1, -0.05) is 77.5 Å². The van der Waals surface area contributed by atoms with Gasteiger partial charge in [-0.05, 0) is 60.5 Å². The maximum atomic E-state index is 12.3. The summed E-state index contributed by atoms with van der Waals surface area (Å²) in [5, 5.41) is 0. The lowest BCUT2D eigenvalue weighted by molar-refractivity contribution is -0.140. The average molecular weight is 437 g/mol. The average Bonchev–Trinajstić information content (AvgIpc) is 3.06. The van der Waals surface area contributed by atoms with Crippen LogP contribution >= 0.6 is 0 Å². The molecule has 0 aromatic carbocycles. The quantitative estimate of drug-likeness (QED) is 0.461. The zero-order chi connectivity index (χ0) is 24.9. The minimum atomic E-state index is -0.178. The summed E-state index contributed by atoms with van der Waals surface area (Å²) in [4.78, 5) is 27.4. The number of carbonyl (C=O) groups excluding carboxylic acids is 2. The fourth-order valence-electron chi connectivity index (χ4n) is 3.62. The molecule has 4 nitrogen and oxygen atoms in total. The highest BCUT2D eigenvalue weighted by molar-refractivity contribution is 5.89. The maximum Gasteiger partial charge on any atom is 0.230 e. The van der Waals surface area contributed by atoms with E-state index in [1.807, 2.05) is 73.6 Å². The van der Waals surface area contributed by atoms with Gasteiger partial charge in [0.05, 0.1) is 12.0 Å². The second-order valence-corrected chi connectivity index (χ2v) is 7.24. The van der Waals surface area contributed by atoms with Crippen LogP contribution in [0.2, 0.25) is 0 Å². The number of rotatable bonds is 4. The molecule has 2 aliphatic rings. The molecule has 2 rings (SSSR count). The van der Waals surface area contributed by atoms with Crippen LogP contribution in [0.5, 0.6) is 0 Å². The molecule has 2 aliphatic heterocycles. The normalized spacial score (nSPS) is 20.8. The summed E-state index contributed by atoms with van der Waals surface area (Å²) < 4.78 is 0. The number of likely N-dealkylation sites (tertiary alicyclic amines) is 2. The van der Waals surface area contributed by atoms with Gasteiger partial charge in [-0.3, -0.25) is 9.59 Å². The van der Waals surface area contributed by atoms with Crippen LogP contribution in [0.25, 0.3) is 0 Å². The maximum absolute atomic E-state index is 12.3. The molecule has 1 atom stereocenters. The third-order valence-corrected chi connectivity index (χ3v) is 4.76. The Labute approximate surface area is 194 Å². The fourth-order valence-corrected chi connectivity index (χ4v) is 3.62. The van der Waals surface area contributed by atoms with Crippen LogP contribution in [0.15, 0.2) is 36.0 Å². The highest BCUT2D eigenvalue weighted by Gasteiger charge is 2.48. The molecular formula is C27H52N2O2. The zero-order valence-corrected chi connectivity index (χ0v) is 22.5. The van der Waals surface area contributed by atoms with Crippen molar-refractivity contribution < 1.29 is 9.59 Å². The molecule has 0 N–H and O–H groups in total. The minimum absolute atomic E-state index is 0.0783. The van der Waals surface area contributed by atoms with E-state index < -0.39 is 0 Å². The summed E-state index contributed by atoms with van der Waals surface area (Å²) in [5.41, 5.74) is 1.11. The smallest absolute Gasteiger partial charge is 0.230 e. The van der Waals surface area contributed by atoms with E-state index in [0.29, 0.717) is 6.54 Å². The highest BCUT2D eigenvalue weighted by atomic mass is 16.2. The van der Waals surface area contributed by atoms with Crippen molar-refractivity contribution in [1.82, 2.24) is 9.80 Å². The van der Waals surface area contributed by atoms with E-state index in [2.05, 4.69) is 31.0 Å². The Morgan fingerprint density at radius 2 is 1.55 bits per heavy atom. The third-order valence-electron chi connectivity index (χ3n) is 4.76. The molecule has 0 aromatic rings. The standard InChI is InChI=1S/C12H20N2O2.C9H14.3C2H6/c1-10(15)8-14-7-5-12(11(14)16)4-3-6-13(2)9-12;1-4-6-8-9(3)7-5-2;3*1-2/h3-9H2,1-2H3;4-8H,1-3H3;3*1-2H3/b;6-4-,7-5-,9-8-;;;. The molecule has 1 amide bonds. The van der Waals surface area contributed by atoms with Crippen LogP contribution < -0.4 is 0 Å². The Balaban J connectivity index is -0.000000448. The van der Waals surface area contributed by atoms with Gasteiger partial charge in [-0.15, -0.1) is 0 Å². The van der Waals surface area contributed by atoms with Crippen LogP contribution in [0.1, 0.15) is 88.5 Å². The van der Waals surface area contributed by atoms with Gasteiger partial charge in [0.25, 0.3) is 0 Å². The van der Waals surface area contributed by atoms with E-state index in [1.54, 1.807) is 11.8 Å². The number of hydrogen-bond donors (Lipinski definition) is 0. The summed E-state index contributed by atoms with van der Waals surface area (Å²) in [7, 11) is 2.07. The van der Waals surface area contributed by atoms with Gasteiger partial charge in [0.2, 0.25) is 5.91 Å². The van der Waals surface area contributed by atoms with E-state index >= 15 is 0 Å². The number of allylic oxidation sites excluding steroid dienone is 6. The molecule has 2 saturated heterocycles. The number of hydrogen-bond acceptors (Lipinski definition) is 3. The number of Topliss-reactive ketones (excluding diaryl/α,β-unsaturated/α-hetero) is 1. The predicted molar refractivity (Wildman–Crippen MR) is 138 cm³/mol. The first-order chi connectivity index (χ1) is 14.8. The monoisotopic (exact) mass is 436 g/mol. The van der Waals surface area contributed by atoms with Crippen molar-refractivity contribution in [2.75, 3.05) is 33.2 Å². The van der Waals surface area contributed by atoms with E-state index in [4.69, 9.17) is 0 Å². The highest BCUT2D eigenvalue weighted by Crippen LogP contribution is 2.39. The van der Waals surface area contributed by atoms with E-state index in [9.17, 15) is 9.59 Å². The van der Waals surface area contributed by atoms with Crippen LogP contribution in [0.3, 0.4) is 0 Å². The SMILES string of the molecule is CC.CC.CC.CC(=O)CN1CCC2(CCCN(C)C2)C1=O.C\C=C/C=C(C)\C=C/C. The van der Waals surface area contributed by atoms with Crippen molar-refractivity contribution in [3.05, 3.63) is 36.0 Å². The molecule has 182 valence electrons. The van der Waals surface area contributed by atoms with E-state index in [0.717, 1.165) is 38.9 Å². The molecule has 2 heterocycles. The Hall–Kier alpha value is -1.68. The second kappa shape index (κ2) is 21.5. The molecule has 0 bridgehead atoms. The van der Waals surface area contributed by atoms with Crippen molar-refractivity contribution >= 4 is 11.7 Å². The molecule has 4 heteroatoms. The number of carbonyl (C=O) groups is 2. The Morgan fingerprint density at radius 1 is 0.968 bits per heavy atom. The van der Waals surface area contributed by atoms with Crippen LogP contribution in [-0.2, 0) is 9.59 Å². The Morgan fingerprint density at radius 3 is 2.00 bits per heavy atom. The van der Waals surface area contributed by atoms with Crippen molar-refractivity contribution in [1.29, 1.82) is 0 Å². The lowest BCUT2D eigenvalue weighted by Crippen LogP contribution is -2.46. The number of nitrogens with zero attached hydrogens (tertiary/aromatic N) is 2. The largest absolute Gasteiger partial charge is 0.335 e. The summed E-state index contributed by atoms with van der Waals surface area (Å²) in [6.07, 6.45) is 13.3. The van der Waals surface area contributed by atoms with Gasteiger partial charge in [-0.25, -0.2) is 0 Å². The Bertz CT molecular complexity index is 549. The topological polar surface area (TPSA) is 40.6 Å². The molecule has 1 spiro atoms. The van der Waals surface area contributed by atoms with Crippen molar-refractivity contribution in [2.45, 2.75) is 88.5 Å². The van der Waals surface area contributed by atoms with Gasteiger partial charge in [0.15, 0.2) is 0 Å². The van der Waals surface area contributed by atoms with Gasteiger partial charge >= 0.3 is 0 Å². The van der Waals surface area contributed by atoms with E-state index in [-0.39, 0.29) is 17.1 Å². The first kappa shape index (κ1) is 33.9. The molecule has 0 aromatic heterocycles. The summed E-state index contributed by atoms with van der Waals surface area (Å²) >= 11 is 0. The summed E-state index contributed by atoms with van der Waals surface area (Å²) in [6, 6.07) is 0. The zero-order valence-electron chi connectivity index (χ0n) is 22.5. The molecule has 31 heavy (non-hydrogen) atoms. The van der Waals surface area contributed by atoms with Crippen molar-refractivity contribution in [3.8, 4) is 0 Å². The Kier molecular flexibility index (Phi) is 23.6. The van der Waals surface area contributed by atoms with Gasteiger partial charge in [0.1, 0.15) is 5.78 Å². The van der Waals surface area contributed by atoms with Crippen molar-refractivity contribution in [2.24, 2.45) is 5.41 Å². The van der Waals surface area contributed by atoms with Gasteiger partial charge < -0.3 is 9.80 Å². The molecule has 2 fully saturated rings. The third kappa shape index (κ3) is 14.1. The number of ketones is 1. The number of piperidine rings is 1. The van der Waals surface area contributed by atoms with E-state index in [1.165, 1.54) is 5.57 Å². The molecule has 0 aliphatic carbocycles. The lowest BCUT2D eigenvalue weighted by Gasteiger charge is -2.37. The lowest BCUT2D eigenvalue weighted by atomic mass is 9.78. The van der Waals surface area contributed by atoms with Crippen LogP contribution in [0.4, 0.5) is 0 Å². The summed E-state index contributed by atoms with van der Waals surface area (Å²) in [5.74, 6) is 0.281. The first-order valence-electron chi connectivity index (χ1n) is 12.2. The first-order valence-corrected chi connectivity index (χ1v) is 12.2. The molecule has 0 saturated carbocycles. The number of amides is 1. The van der Waals surface area contributed by atoms with Crippen molar-refractivity contribution in [3.63, 3.8) is 0 Å². The predicted octanol–water partition coefficient (Wildman–Crippen LogP) is 6.68. The molecule has 1 unspecified atom stereocenters.